The van der Waals surface area contributed by atoms with E-state index in [0.29, 0.717) is 39.8 Å². The highest BCUT2D eigenvalue weighted by atomic mass is 79.9. The minimum Gasteiger partial charge on any atom is -0.490 e. The van der Waals surface area contributed by atoms with E-state index in [1.807, 2.05) is 19.1 Å². The Morgan fingerprint density at radius 1 is 1.00 bits per heavy atom. The molecule has 4 aliphatic carbocycles. The molecular formula is C28H34BrCl2NO2. The molecular weight excluding hydrogens is 533 g/mol. The molecule has 3 nitrogen and oxygen atoms in total. The molecule has 0 heterocycles. The van der Waals surface area contributed by atoms with Crippen LogP contribution in [0.25, 0.3) is 0 Å². The monoisotopic (exact) mass is 565 g/mol. The molecule has 184 valence electrons. The van der Waals surface area contributed by atoms with Crippen molar-refractivity contribution in [1.82, 2.24) is 5.32 Å². The van der Waals surface area contributed by atoms with Gasteiger partial charge in [-0.15, -0.1) is 0 Å². The fraction of sp³-hybridized carbons (Fsp3) is 0.571. The van der Waals surface area contributed by atoms with Crippen molar-refractivity contribution in [3.63, 3.8) is 0 Å². The van der Waals surface area contributed by atoms with Crippen LogP contribution in [0.15, 0.2) is 34.8 Å². The third kappa shape index (κ3) is 4.98. The highest BCUT2D eigenvalue weighted by Gasteiger charge is 2.59. The summed E-state index contributed by atoms with van der Waals surface area (Å²) >= 11 is 16.1. The van der Waals surface area contributed by atoms with E-state index in [1.165, 1.54) is 44.1 Å². The van der Waals surface area contributed by atoms with E-state index in [0.717, 1.165) is 28.2 Å². The maximum atomic E-state index is 6.34. The predicted octanol–water partition coefficient (Wildman–Crippen LogP) is 8.57. The molecule has 4 aliphatic rings. The van der Waals surface area contributed by atoms with Gasteiger partial charge in [0, 0.05) is 27.7 Å². The summed E-state index contributed by atoms with van der Waals surface area (Å²) in [6.45, 7) is 8.79. The topological polar surface area (TPSA) is 30.5 Å². The van der Waals surface area contributed by atoms with Crippen LogP contribution in [0.2, 0.25) is 10.0 Å². The van der Waals surface area contributed by atoms with E-state index in [2.05, 4.69) is 47.2 Å². The molecule has 0 amide bonds. The first kappa shape index (κ1) is 24.7. The normalized spacial score (nSPS) is 31.6. The number of nitrogens with one attached hydrogen (secondary N) is 1. The van der Waals surface area contributed by atoms with Gasteiger partial charge in [-0.2, -0.15) is 0 Å². The summed E-state index contributed by atoms with van der Waals surface area (Å²) in [6.07, 6.45) is 8.14. The van der Waals surface area contributed by atoms with Gasteiger partial charge in [-0.3, -0.25) is 0 Å². The van der Waals surface area contributed by atoms with Crippen molar-refractivity contribution < 1.29 is 9.47 Å². The van der Waals surface area contributed by atoms with Gasteiger partial charge in [0.05, 0.1) is 11.1 Å². The SMILES string of the molecule is CCOc1cc(CNC23CC4CC(C)(CC(C)(C4)C2)C3)cc(Br)c1OCc1ccc(Cl)cc1Cl. The van der Waals surface area contributed by atoms with Gasteiger partial charge in [0.2, 0.25) is 0 Å². The van der Waals surface area contributed by atoms with Crippen LogP contribution in [-0.2, 0) is 13.2 Å². The number of hydrogen-bond acceptors (Lipinski definition) is 3. The van der Waals surface area contributed by atoms with E-state index in [-0.39, 0.29) is 5.54 Å². The lowest BCUT2D eigenvalue weighted by atomic mass is 9.43. The lowest BCUT2D eigenvalue weighted by molar-refractivity contribution is -0.118. The smallest absolute Gasteiger partial charge is 0.175 e. The van der Waals surface area contributed by atoms with Crippen molar-refractivity contribution in [2.24, 2.45) is 16.7 Å². The van der Waals surface area contributed by atoms with Gasteiger partial charge >= 0.3 is 0 Å². The fourth-order valence-electron chi connectivity index (χ4n) is 7.85. The molecule has 0 spiro atoms. The zero-order valence-electron chi connectivity index (χ0n) is 20.3. The number of ether oxygens (including phenoxy) is 2. The summed E-state index contributed by atoms with van der Waals surface area (Å²) in [5, 5.41) is 5.25. The third-order valence-electron chi connectivity index (χ3n) is 8.05. The molecule has 0 aliphatic heterocycles. The van der Waals surface area contributed by atoms with Crippen LogP contribution in [0.3, 0.4) is 0 Å². The van der Waals surface area contributed by atoms with E-state index >= 15 is 0 Å². The van der Waals surface area contributed by atoms with Gasteiger partial charge in [-0.25, -0.2) is 0 Å². The number of halogens is 3. The first-order valence-corrected chi connectivity index (χ1v) is 13.9. The Morgan fingerprint density at radius 2 is 1.74 bits per heavy atom. The van der Waals surface area contributed by atoms with Gasteiger partial charge in [-0.05, 0) is 108 Å². The molecule has 0 aromatic heterocycles. The van der Waals surface area contributed by atoms with Gasteiger partial charge < -0.3 is 14.8 Å². The average molecular weight is 567 g/mol. The molecule has 34 heavy (non-hydrogen) atoms. The van der Waals surface area contributed by atoms with Crippen LogP contribution >= 0.6 is 39.1 Å². The molecule has 6 heteroatoms. The molecule has 1 N–H and O–H groups in total. The summed E-state index contributed by atoms with van der Waals surface area (Å²) in [5.74, 6) is 2.33. The average Bonchev–Trinajstić information content (AvgIpc) is 2.70. The van der Waals surface area contributed by atoms with Gasteiger partial charge in [0.25, 0.3) is 0 Å². The Bertz CT molecular complexity index is 1070. The molecule has 6 rings (SSSR count). The second kappa shape index (κ2) is 9.18. The van der Waals surface area contributed by atoms with Crippen molar-refractivity contribution in [2.75, 3.05) is 6.61 Å². The molecule has 2 aromatic rings. The van der Waals surface area contributed by atoms with Crippen molar-refractivity contribution in [1.29, 1.82) is 0 Å². The van der Waals surface area contributed by atoms with Crippen molar-refractivity contribution in [2.45, 2.75) is 78.0 Å². The van der Waals surface area contributed by atoms with Crippen molar-refractivity contribution in [3.05, 3.63) is 56.0 Å². The van der Waals surface area contributed by atoms with E-state index < -0.39 is 0 Å². The van der Waals surface area contributed by atoms with Crippen molar-refractivity contribution in [3.8, 4) is 11.5 Å². The first-order valence-electron chi connectivity index (χ1n) is 12.4. The molecule has 0 radical (unpaired) electrons. The first-order chi connectivity index (χ1) is 16.1. The Kier molecular flexibility index (Phi) is 6.68. The Hall–Kier alpha value is -0.940. The lowest BCUT2D eigenvalue weighted by Gasteiger charge is -2.65. The summed E-state index contributed by atoms with van der Waals surface area (Å²) < 4.78 is 13.0. The maximum absolute atomic E-state index is 6.34. The van der Waals surface area contributed by atoms with Crippen LogP contribution in [-0.4, -0.2) is 12.1 Å². The zero-order valence-corrected chi connectivity index (χ0v) is 23.4. The summed E-state index contributed by atoms with van der Waals surface area (Å²) in [7, 11) is 0. The van der Waals surface area contributed by atoms with E-state index in [4.69, 9.17) is 32.7 Å². The second-order valence-corrected chi connectivity index (χ2v) is 13.3. The number of benzene rings is 2. The summed E-state index contributed by atoms with van der Waals surface area (Å²) in [4.78, 5) is 0. The van der Waals surface area contributed by atoms with Crippen LogP contribution < -0.4 is 14.8 Å². The van der Waals surface area contributed by atoms with Gasteiger partial charge in [-0.1, -0.05) is 43.1 Å². The van der Waals surface area contributed by atoms with Crippen LogP contribution in [0.4, 0.5) is 0 Å². The van der Waals surface area contributed by atoms with Gasteiger partial charge in [0.15, 0.2) is 11.5 Å². The molecule has 2 unspecified atom stereocenters. The second-order valence-electron chi connectivity index (χ2n) is 11.6. The highest BCUT2D eigenvalue weighted by molar-refractivity contribution is 9.10. The van der Waals surface area contributed by atoms with Crippen molar-refractivity contribution >= 4 is 39.1 Å². The summed E-state index contributed by atoms with van der Waals surface area (Å²) in [6, 6.07) is 9.72. The maximum Gasteiger partial charge on any atom is 0.175 e. The number of rotatable bonds is 8. The van der Waals surface area contributed by atoms with E-state index in [9.17, 15) is 0 Å². The Balaban J connectivity index is 1.32. The van der Waals surface area contributed by atoms with E-state index in [1.54, 1.807) is 6.07 Å². The van der Waals surface area contributed by atoms with Crippen LogP contribution in [0.5, 0.6) is 11.5 Å². The largest absolute Gasteiger partial charge is 0.490 e. The third-order valence-corrected chi connectivity index (χ3v) is 9.23. The molecule has 2 aromatic carbocycles. The summed E-state index contributed by atoms with van der Waals surface area (Å²) in [5.41, 5.74) is 3.35. The quantitative estimate of drug-likeness (QED) is 0.347. The molecule has 4 saturated carbocycles. The Morgan fingerprint density at radius 3 is 2.38 bits per heavy atom. The van der Waals surface area contributed by atoms with Crippen LogP contribution in [0.1, 0.15) is 70.4 Å². The number of hydrogen-bond donors (Lipinski definition) is 1. The Labute approximate surface area is 222 Å². The lowest BCUT2D eigenvalue weighted by Crippen LogP contribution is -2.63. The standard InChI is InChI=1S/C28H34BrCl2NO2/c1-4-33-24-8-18(7-22(29)25(24)34-14-20-5-6-21(30)9-23(20)31)13-32-28-12-19-10-26(2,16-28)15-27(3,11-19)17-28/h5-9,19,32H,4,10-17H2,1-3H3. The zero-order chi connectivity index (χ0) is 24.1. The van der Waals surface area contributed by atoms with Crippen LogP contribution in [0, 0.1) is 16.7 Å². The molecule has 2 atom stereocenters. The fourth-order valence-corrected chi connectivity index (χ4v) is 8.92. The molecule has 4 fully saturated rings. The predicted molar refractivity (Wildman–Crippen MR) is 143 cm³/mol. The minimum atomic E-state index is 0.266. The molecule has 4 bridgehead atoms. The highest BCUT2D eigenvalue weighted by Crippen LogP contribution is 2.66. The molecule has 0 saturated heterocycles. The minimum absolute atomic E-state index is 0.266. The van der Waals surface area contributed by atoms with Gasteiger partial charge in [0.1, 0.15) is 6.61 Å².